The van der Waals surface area contributed by atoms with E-state index in [9.17, 15) is 18.0 Å². The first-order valence-electron chi connectivity index (χ1n) is 13.2. The first-order chi connectivity index (χ1) is 20.2. The number of imidazole rings is 1. The topological polar surface area (TPSA) is 116 Å². The Hall–Kier alpha value is -4.75. The standard InChI is InChI=1S/C28H30F3N7O4/c1-40-20-13-19(14-21(41-2)24(20)42-3)34-27-35-25(32-15-17-6-4-7-18(12-17)28(29,30)31)23-26(36-27)38(16-33-23)11-10-37-9-5-8-22(37)39/h4,6-7,12-14,16H,5,8-11,15H2,1-3H3,(H2,32,34,35,36). The molecule has 0 spiro atoms. The van der Waals surface area contributed by atoms with Crippen LogP contribution in [0.25, 0.3) is 11.2 Å². The number of fused-ring (bicyclic) bond motifs is 1. The van der Waals surface area contributed by atoms with Crippen LogP contribution in [0.2, 0.25) is 0 Å². The Morgan fingerprint density at radius 2 is 1.76 bits per heavy atom. The molecular formula is C28H30F3N7O4. The van der Waals surface area contributed by atoms with E-state index in [1.54, 1.807) is 29.4 Å². The first-order valence-corrected chi connectivity index (χ1v) is 13.2. The molecule has 3 heterocycles. The van der Waals surface area contributed by atoms with Gasteiger partial charge in [0.05, 0.1) is 33.2 Å². The van der Waals surface area contributed by atoms with Crippen LogP contribution in [0.3, 0.4) is 0 Å². The van der Waals surface area contributed by atoms with Crippen LogP contribution >= 0.6 is 0 Å². The van der Waals surface area contributed by atoms with Gasteiger partial charge < -0.3 is 34.3 Å². The minimum absolute atomic E-state index is 0.0643. The minimum atomic E-state index is -4.45. The van der Waals surface area contributed by atoms with Crippen LogP contribution in [0.5, 0.6) is 17.2 Å². The molecule has 0 aliphatic carbocycles. The van der Waals surface area contributed by atoms with Gasteiger partial charge in [0.15, 0.2) is 28.5 Å². The van der Waals surface area contributed by atoms with Gasteiger partial charge in [-0.05, 0) is 24.1 Å². The van der Waals surface area contributed by atoms with Gasteiger partial charge in [-0.2, -0.15) is 23.1 Å². The van der Waals surface area contributed by atoms with Crippen molar-refractivity contribution >= 4 is 34.5 Å². The number of nitrogens with zero attached hydrogens (tertiary/aromatic N) is 5. The lowest BCUT2D eigenvalue weighted by Crippen LogP contribution is -2.28. The van der Waals surface area contributed by atoms with Crippen LogP contribution in [-0.2, 0) is 24.1 Å². The largest absolute Gasteiger partial charge is 0.493 e. The summed E-state index contributed by atoms with van der Waals surface area (Å²) >= 11 is 0. The van der Waals surface area contributed by atoms with E-state index in [0.29, 0.717) is 71.5 Å². The normalized spacial score (nSPS) is 13.5. The zero-order chi connectivity index (χ0) is 29.9. The van der Waals surface area contributed by atoms with Gasteiger partial charge in [0.2, 0.25) is 17.6 Å². The number of amides is 1. The highest BCUT2D eigenvalue weighted by Gasteiger charge is 2.30. The second-order valence-corrected chi connectivity index (χ2v) is 9.58. The summed E-state index contributed by atoms with van der Waals surface area (Å²) < 4.78 is 57.9. The lowest BCUT2D eigenvalue weighted by atomic mass is 10.1. The number of hydrogen-bond donors (Lipinski definition) is 2. The summed E-state index contributed by atoms with van der Waals surface area (Å²) in [7, 11) is 4.51. The third-order valence-electron chi connectivity index (χ3n) is 6.88. The molecule has 1 saturated heterocycles. The zero-order valence-corrected chi connectivity index (χ0v) is 23.3. The third-order valence-corrected chi connectivity index (χ3v) is 6.88. The number of benzene rings is 2. The number of halogens is 3. The molecule has 1 amide bonds. The maximum absolute atomic E-state index is 13.3. The fraction of sp³-hybridized carbons (Fsp3) is 0.357. The summed E-state index contributed by atoms with van der Waals surface area (Å²) in [5.41, 5.74) is 1.15. The highest BCUT2D eigenvalue weighted by molar-refractivity contribution is 5.85. The van der Waals surface area contributed by atoms with E-state index in [1.165, 1.54) is 27.4 Å². The summed E-state index contributed by atoms with van der Waals surface area (Å²) in [5.74, 6) is 1.89. The number of aromatic nitrogens is 4. The lowest BCUT2D eigenvalue weighted by molar-refractivity contribution is -0.137. The molecule has 0 bridgehead atoms. The van der Waals surface area contributed by atoms with E-state index in [1.807, 2.05) is 4.57 Å². The molecule has 5 rings (SSSR count). The van der Waals surface area contributed by atoms with E-state index in [0.717, 1.165) is 18.6 Å². The Balaban J connectivity index is 1.48. The molecule has 2 aromatic carbocycles. The maximum Gasteiger partial charge on any atom is 0.416 e. The molecule has 42 heavy (non-hydrogen) atoms. The summed E-state index contributed by atoms with van der Waals surface area (Å²) in [4.78, 5) is 27.7. The molecule has 11 nitrogen and oxygen atoms in total. The predicted molar refractivity (Wildman–Crippen MR) is 149 cm³/mol. The zero-order valence-electron chi connectivity index (χ0n) is 23.3. The minimum Gasteiger partial charge on any atom is -0.493 e. The molecule has 2 aromatic heterocycles. The molecular weight excluding hydrogens is 555 g/mol. The van der Waals surface area contributed by atoms with Crippen LogP contribution in [0.1, 0.15) is 24.0 Å². The number of likely N-dealkylation sites (tertiary alicyclic amines) is 1. The third kappa shape index (κ3) is 6.11. The Bertz CT molecular complexity index is 1570. The average Bonchev–Trinajstić information content (AvgIpc) is 3.59. The molecule has 0 saturated carbocycles. The van der Waals surface area contributed by atoms with Crippen molar-refractivity contribution in [2.45, 2.75) is 32.1 Å². The fourth-order valence-electron chi connectivity index (χ4n) is 4.78. The lowest BCUT2D eigenvalue weighted by Gasteiger charge is -2.16. The fourth-order valence-corrected chi connectivity index (χ4v) is 4.78. The number of rotatable bonds is 11. The molecule has 4 aromatic rings. The summed E-state index contributed by atoms with van der Waals surface area (Å²) in [6, 6.07) is 8.47. The van der Waals surface area contributed by atoms with E-state index < -0.39 is 11.7 Å². The monoisotopic (exact) mass is 585 g/mol. The molecule has 0 unspecified atom stereocenters. The quantitative estimate of drug-likeness (QED) is 0.255. The van der Waals surface area contributed by atoms with E-state index in [-0.39, 0.29) is 18.4 Å². The second-order valence-electron chi connectivity index (χ2n) is 9.58. The second kappa shape index (κ2) is 12.0. The number of carbonyl (C=O) groups is 1. The summed E-state index contributed by atoms with van der Waals surface area (Å²) in [6.45, 7) is 1.72. The average molecular weight is 586 g/mol. The Labute approximate surface area is 239 Å². The molecule has 14 heteroatoms. The Kier molecular flexibility index (Phi) is 8.22. The van der Waals surface area contributed by atoms with Crippen LogP contribution in [-0.4, -0.2) is 64.7 Å². The van der Waals surface area contributed by atoms with Crippen LogP contribution in [0.15, 0.2) is 42.7 Å². The van der Waals surface area contributed by atoms with Crippen molar-refractivity contribution < 1.29 is 32.2 Å². The molecule has 1 fully saturated rings. The van der Waals surface area contributed by atoms with Gasteiger partial charge in [0.1, 0.15) is 0 Å². The van der Waals surface area contributed by atoms with Crippen LogP contribution in [0.4, 0.5) is 30.6 Å². The van der Waals surface area contributed by atoms with Crippen molar-refractivity contribution in [3.05, 3.63) is 53.9 Å². The number of ether oxygens (including phenoxy) is 3. The summed E-state index contributed by atoms with van der Waals surface area (Å²) in [6.07, 6.45) is -1.47. The first kappa shape index (κ1) is 28.8. The summed E-state index contributed by atoms with van der Waals surface area (Å²) in [5, 5.41) is 6.28. The van der Waals surface area contributed by atoms with Gasteiger partial charge in [0.25, 0.3) is 0 Å². The van der Waals surface area contributed by atoms with Gasteiger partial charge in [0, 0.05) is 50.4 Å². The van der Waals surface area contributed by atoms with Gasteiger partial charge in [-0.25, -0.2) is 4.98 Å². The van der Waals surface area contributed by atoms with Crippen molar-refractivity contribution in [1.82, 2.24) is 24.4 Å². The number of alkyl halides is 3. The van der Waals surface area contributed by atoms with Crippen molar-refractivity contribution in [2.75, 3.05) is 45.1 Å². The van der Waals surface area contributed by atoms with Gasteiger partial charge in [-0.1, -0.05) is 12.1 Å². The Morgan fingerprint density at radius 1 is 1.00 bits per heavy atom. The number of anilines is 3. The van der Waals surface area contributed by atoms with E-state index >= 15 is 0 Å². The molecule has 222 valence electrons. The van der Waals surface area contributed by atoms with Gasteiger partial charge in [-0.15, -0.1) is 0 Å². The van der Waals surface area contributed by atoms with Crippen LogP contribution < -0.4 is 24.8 Å². The number of carbonyl (C=O) groups excluding carboxylic acids is 1. The molecule has 1 aliphatic heterocycles. The van der Waals surface area contributed by atoms with Crippen molar-refractivity contribution in [3.8, 4) is 17.2 Å². The SMILES string of the molecule is COc1cc(Nc2nc(NCc3cccc(C(F)(F)F)c3)c3ncn(CCN4CCCC4=O)c3n2)cc(OC)c1OC. The van der Waals surface area contributed by atoms with E-state index in [4.69, 9.17) is 14.2 Å². The number of nitrogens with one attached hydrogen (secondary N) is 2. The molecule has 1 aliphatic rings. The smallest absolute Gasteiger partial charge is 0.416 e. The highest BCUT2D eigenvalue weighted by Crippen LogP contribution is 2.40. The highest BCUT2D eigenvalue weighted by atomic mass is 19.4. The Morgan fingerprint density at radius 3 is 2.40 bits per heavy atom. The van der Waals surface area contributed by atoms with Crippen molar-refractivity contribution in [3.63, 3.8) is 0 Å². The maximum atomic E-state index is 13.3. The van der Waals surface area contributed by atoms with E-state index in [2.05, 4.69) is 25.6 Å². The van der Waals surface area contributed by atoms with Crippen molar-refractivity contribution in [1.29, 1.82) is 0 Å². The van der Waals surface area contributed by atoms with Crippen LogP contribution in [0, 0.1) is 0 Å². The molecule has 0 atom stereocenters. The molecule has 0 radical (unpaired) electrons. The van der Waals surface area contributed by atoms with Crippen molar-refractivity contribution in [2.24, 2.45) is 0 Å². The number of methoxy groups -OCH3 is 3. The molecule has 2 N–H and O–H groups in total. The predicted octanol–water partition coefficient (Wildman–Crippen LogP) is 4.85. The van der Waals surface area contributed by atoms with Gasteiger partial charge >= 0.3 is 6.18 Å². The van der Waals surface area contributed by atoms with Gasteiger partial charge in [-0.3, -0.25) is 4.79 Å². The number of hydrogen-bond acceptors (Lipinski definition) is 9.